The second kappa shape index (κ2) is 5.16. The standard InChI is InChI=1S/C11H11ClN4O2/c12-9-4-8(17)1-2-10(9)16-6-7(3-11(16)18)5-14-15-13/h1-2,4,7,17H,3,5-6H2. The number of hydrogen-bond donors (Lipinski definition) is 1. The van der Waals surface area contributed by atoms with Crippen LogP contribution < -0.4 is 4.90 Å². The minimum absolute atomic E-state index is 0.0123. The minimum Gasteiger partial charge on any atom is -0.508 e. The van der Waals surface area contributed by atoms with E-state index in [1.165, 1.54) is 12.1 Å². The Bertz CT molecular complexity index is 528. The lowest BCUT2D eigenvalue weighted by Gasteiger charge is -2.18. The Hall–Kier alpha value is -1.91. The number of azide groups is 1. The first kappa shape index (κ1) is 12.5. The average molecular weight is 267 g/mol. The van der Waals surface area contributed by atoms with Gasteiger partial charge in [-0.25, -0.2) is 0 Å². The summed E-state index contributed by atoms with van der Waals surface area (Å²) in [6.45, 7) is 0.775. The van der Waals surface area contributed by atoms with E-state index in [9.17, 15) is 9.90 Å². The minimum atomic E-state index is -0.0549. The quantitative estimate of drug-likeness (QED) is 0.518. The Morgan fingerprint density at radius 3 is 3.06 bits per heavy atom. The van der Waals surface area contributed by atoms with Crippen LogP contribution in [0.3, 0.4) is 0 Å². The zero-order valence-corrected chi connectivity index (χ0v) is 10.2. The van der Waals surface area contributed by atoms with E-state index in [4.69, 9.17) is 17.1 Å². The molecule has 1 atom stereocenters. The van der Waals surface area contributed by atoms with Gasteiger partial charge < -0.3 is 10.0 Å². The number of nitrogens with zero attached hydrogens (tertiary/aromatic N) is 4. The van der Waals surface area contributed by atoms with E-state index in [-0.39, 0.29) is 17.6 Å². The Kier molecular flexibility index (Phi) is 3.60. The fraction of sp³-hybridized carbons (Fsp3) is 0.364. The van der Waals surface area contributed by atoms with E-state index in [0.29, 0.717) is 30.2 Å². The molecule has 0 aromatic heterocycles. The molecule has 0 bridgehead atoms. The number of anilines is 1. The van der Waals surface area contributed by atoms with Crippen molar-refractivity contribution >= 4 is 23.2 Å². The lowest BCUT2D eigenvalue weighted by atomic mass is 10.1. The summed E-state index contributed by atoms with van der Waals surface area (Å²) in [6.07, 6.45) is 0.343. The molecule has 1 aliphatic rings. The van der Waals surface area contributed by atoms with Gasteiger partial charge in [-0.05, 0) is 23.6 Å². The van der Waals surface area contributed by atoms with Crippen LogP contribution in [0.15, 0.2) is 23.3 Å². The van der Waals surface area contributed by atoms with Crippen LogP contribution in [0, 0.1) is 5.92 Å². The lowest BCUT2D eigenvalue weighted by Crippen LogP contribution is -2.25. The number of benzene rings is 1. The predicted molar refractivity (Wildman–Crippen MR) is 67.6 cm³/mol. The highest BCUT2D eigenvalue weighted by molar-refractivity contribution is 6.34. The summed E-state index contributed by atoms with van der Waals surface area (Å²) in [7, 11) is 0. The molecule has 0 aliphatic carbocycles. The van der Waals surface area contributed by atoms with Crippen molar-refractivity contribution in [1.29, 1.82) is 0 Å². The highest BCUT2D eigenvalue weighted by Crippen LogP contribution is 2.33. The third-order valence-electron chi connectivity index (χ3n) is 2.83. The molecule has 6 nitrogen and oxygen atoms in total. The summed E-state index contributed by atoms with van der Waals surface area (Å²) in [5, 5.41) is 13.1. The van der Waals surface area contributed by atoms with Crippen LogP contribution in [0.4, 0.5) is 5.69 Å². The number of halogens is 1. The normalized spacial score (nSPS) is 18.8. The highest BCUT2D eigenvalue weighted by Gasteiger charge is 2.31. The van der Waals surface area contributed by atoms with Crippen molar-refractivity contribution in [3.05, 3.63) is 33.7 Å². The van der Waals surface area contributed by atoms with Crippen LogP contribution in [-0.4, -0.2) is 24.1 Å². The zero-order chi connectivity index (χ0) is 13.1. The van der Waals surface area contributed by atoms with Crippen LogP contribution in [0.2, 0.25) is 5.02 Å². The molecule has 0 radical (unpaired) electrons. The molecule has 1 unspecified atom stereocenters. The van der Waals surface area contributed by atoms with E-state index in [2.05, 4.69) is 10.0 Å². The van der Waals surface area contributed by atoms with Gasteiger partial charge in [-0.3, -0.25) is 4.79 Å². The second-order valence-corrected chi connectivity index (χ2v) is 4.53. The van der Waals surface area contributed by atoms with Gasteiger partial charge in [-0.15, -0.1) is 0 Å². The first-order chi connectivity index (χ1) is 8.61. The Morgan fingerprint density at radius 2 is 2.39 bits per heavy atom. The molecular weight excluding hydrogens is 256 g/mol. The smallest absolute Gasteiger partial charge is 0.227 e. The molecule has 7 heteroatoms. The molecule has 0 spiro atoms. The number of phenolic OH excluding ortho intramolecular Hbond substituents is 1. The number of aromatic hydroxyl groups is 1. The lowest BCUT2D eigenvalue weighted by molar-refractivity contribution is -0.117. The predicted octanol–water partition coefficient (Wildman–Crippen LogP) is 2.71. The van der Waals surface area contributed by atoms with Gasteiger partial charge in [-0.2, -0.15) is 0 Å². The summed E-state index contributed by atoms with van der Waals surface area (Å²) in [4.78, 5) is 16.1. The van der Waals surface area contributed by atoms with Crippen LogP contribution >= 0.6 is 11.6 Å². The molecule has 1 aromatic carbocycles. The van der Waals surface area contributed by atoms with Gasteiger partial charge in [0, 0.05) is 30.5 Å². The number of amides is 1. The Labute approximate surface area is 108 Å². The molecule has 1 heterocycles. The molecule has 1 aliphatic heterocycles. The van der Waals surface area contributed by atoms with Gasteiger partial charge >= 0.3 is 0 Å². The maximum absolute atomic E-state index is 11.9. The van der Waals surface area contributed by atoms with Crippen molar-refractivity contribution < 1.29 is 9.90 Å². The molecule has 0 saturated carbocycles. The number of carbonyl (C=O) groups is 1. The molecule has 1 fully saturated rings. The van der Waals surface area contributed by atoms with E-state index < -0.39 is 0 Å². The van der Waals surface area contributed by atoms with E-state index in [0.717, 1.165) is 0 Å². The fourth-order valence-corrected chi connectivity index (χ4v) is 2.28. The third-order valence-corrected chi connectivity index (χ3v) is 3.13. The Morgan fingerprint density at radius 1 is 1.61 bits per heavy atom. The molecule has 1 aromatic rings. The number of hydrogen-bond acceptors (Lipinski definition) is 3. The van der Waals surface area contributed by atoms with Gasteiger partial charge in [0.15, 0.2) is 0 Å². The van der Waals surface area contributed by atoms with Gasteiger partial charge in [-0.1, -0.05) is 16.7 Å². The largest absolute Gasteiger partial charge is 0.508 e. The van der Waals surface area contributed by atoms with Crippen molar-refractivity contribution in [2.75, 3.05) is 18.0 Å². The number of carbonyl (C=O) groups excluding carboxylic acids is 1. The average Bonchev–Trinajstić information content (AvgIpc) is 2.68. The molecule has 94 valence electrons. The van der Waals surface area contributed by atoms with Crippen molar-refractivity contribution in [3.8, 4) is 5.75 Å². The van der Waals surface area contributed by atoms with Gasteiger partial charge in [0.05, 0.1) is 10.7 Å². The van der Waals surface area contributed by atoms with E-state index >= 15 is 0 Å². The van der Waals surface area contributed by atoms with Crippen molar-refractivity contribution in [3.63, 3.8) is 0 Å². The van der Waals surface area contributed by atoms with E-state index in [1.807, 2.05) is 0 Å². The van der Waals surface area contributed by atoms with Gasteiger partial charge in [0.1, 0.15) is 5.75 Å². The first-order valence-corrected chi connectivity index (χ1v) is 5.79. The number of rotatable bonds is 3. The molecule has 18 heavy (non-hydrogen) atoms. The highest BCUT2D eigenvalue weighted by atomic mass is 35.5. The number of phenols is 1. The SMILES string of the molecule is [N-]=[N+]=NCC1CC(=O)N(c2ccc(O)cc2Cl)C1. The van der Waals surface area contributed by atoms with E-state index in [1.54, 1.807) is 11.0 Å². The van der Waals surface area contributed by atoms with Gasteiger partial charge in [0.25, 0.3) is 0 Å². The van der Waals surface area contributed by atoms with Crippen molar-refractivity contribution in [2.24, 2.45) is 11.0 Å². The maximum Gasteiger partial charge on any atom is 0.227 e. The van der Waals surface area contributed by atoms with Crippen molar-refractivity contribution in [2.45, 2.75) is 6.42 Å². The maximum atomic E-state index is 11.9. The molecule has 1 N–H and O–H groups in total. The zero-order valence-electron chi connectivity index (χ0n) is 9.45. The third kappa shape index (κ3) is 2.50. The van der Waals surface area contributed by atoms with Crippen LogP contribution in [-0.2, 0) is 4.79 Å². The van der Waals surface area contributed by atoms with Crippen LogP contribution in [0.25, 0.3) is 10.4 Å². The molecular formula is C11H11ClN4O2. The fourth-order valence-electron chi connectivity index (χ4n) is 2.00. The molecule has 1 amide bonds. The summed E-state index contributed by atoms with van der Waals surface area (Å²) in [5.41, 5.74) is 8.83. The molecule has 2 rings (SSSR count). The summed E-state index contributed by atoms with van der Waals surface area (Å²) in [5.74, 6) is 0.0139. The monoisotopic (exact) mass is 266 g/mol. The first-order valence-electron chi connectivity index (χ1n) is 5.41. The van der Waals surface area contributed by atoms with Crippen molar-refractivity contribution in [1.82, 2.24) is 0 Å². The second-order valence-electron chi connectivity index (χ2n) is 4.12. The van der Waals surface area contributed by atoms with Crippen LogP contribution in [0.1, 0.15) is 6.42 Å². The molecule has 1 saturated heterocycles. The van der Waals surface area contributed by atoms with Crippen LogP contribution in [0.5, 0.6) is 5.75 Å². The Balaban J connectivity index is 2.18. The summed E-state index contributed by atoms with van der Waals surface area (Å²) < 4.78 is 0. The topological polar surface area (TPSA) is 89.3 Å². The van der Waals surface area contributed by atoms with Gasteiger partial charge in [0.2, 0.25) is 5.91 Å². The summed E-state index contributed by atoms with van der Waals surface area (Å²) in [6, 6.07) is 4.48. The summed E-state index contributed by atoms with van der Waals surface area (Å²) >= 11 is 5.99.